The van der Waals surface area contributed by atoms with Crippen LogP contribution in [0.1, 0.15) is 31.7 Å². The van der Waals surface area contributed by atoms with E-state index in [1.807, 2.05) is 32.0 Å². The number of rotatable bonds is 8. The Hall–Kier alpha value is -1.66. The second-order valence-electron chi connectivity index (χ2n) is 4.68. The number of aryl methyl sites for hydroxylation is 1. The van der Waals surface area contributed by atoms with Crippen molar-refractivity contribution < 1.29 is 4.74 Å². The molecule has 0 saturated heterocycles. The number of aliphatic imine (C=N–C) groups is 1. The maximum Gasteiger partial charge on any atom is 0.208 e. The minimum atomic E-state index is 0.687. The maximum absolute atomic E-state index is 5.60. The molecule has 21 heavy (non-hydrogen) atoms. The molecule has 0 saturated carbocycles. The summed E-state index contributed by atoms with van der Waals surface area (Å²) in [6.45, 7) is 9.71. The highest BCUT2D eigenvalue weighted by atomic mass is 16.5. The van der Waals surface area contributed by atoms with Gasteiger partial charge in [-0.15, -0.1) is 0 Å². The lowest BCUT2D eigenvalue weighted by Gasteiger charge is -2.23. The highest BCUT2D eigenvalue weighted by molar-refractivity contribution is 5.79. The average Bonchev–Trinajstić information content (AvgIpc) is 2.49. The summed E-state index contributed by atoms with van der Waals surface area (Å²) < 4.78 is 5.30. The van der Waals surface area contributed by atoms with Gasteiger partial charge in [0.05, 0.1) is 12.2 Å². The van der Waals surface area contributed by atoms with Crippen LogP contribution in [-0.2, 0) is 11.3 Å². The molecular weight excluding hydrogens is 266 g/mol. The molecule has 0 aliphatic rings. The molecule has 1 heterocycles. The zero-order chi connectivity index (χ0) is 15.5. The fourth-order valence-electron chi connectivity index (χ4n) is 1.95. The van der Waals surface area contributed by atoms with E-state index in [2.05, 4.69) is 27.2 Å². The number of ether oxygens (including phenoxy) is 1. The Bertz CT molecular complexity index is 436. The molecule has 3 N–H and O–H groups in total. The van der Waals surface area contributed by atoms with Crippen molar-refractivity contribution in [1.29, 1.82) is 0 Å². The number of hydrogen-bond acceptors (Lipinski definition) is 4. The van der Waals surface area contributed by atoms with Gasteiger partial charge in [0.1, 0.15) is 0 Å². The van der Waals surface area contributed by atoms with Gasteiger partial charge in [-0.2, -0.15) is 0 Å². The highest BCUT2D eigenvalue weighted by Crippen LogP contribution is 2.03. The van der Waals surface area contributed by atoms with Crippen molar-refractivity contribution in [3.63, 3.8) is 0 Å². The predicted octanol–water partition coefficient (Wildman–Crippen LogP) is 1.46. The van der Waals surface area contributed by atoms with Crippen LogP contribution in [0.4, 0.5) is 0 Å². The first kappa shape index (κ1) is 17.4. The minimum absolute atomic E-state index is 0.687. The minimum Gasteiger partial charge on any atom is -0.382 e. The third kappa shape index (κ3) is 6.55. The zero-order valence-corrected chi connectivity index (χ0v) is 13.3. The van der Waals surface area contributed by atoms with Gasteiger partial charge in [0.2, 0.25) is 5.96 Å². The number of hydrazine groups is 1. The Labute approximate surface area is 127 Å². The van der Waals surface area contributed by atoms with Gasteiger partial charge >= 0.3 is 0 Å². The number of guanidine groups is 1. The topological polar surface area (TPSA) is 75.8 Å². The zero-order valence-electron chi connectivity index (χ0n) is 13.3. The van der Waals surface area contributed by atoms with Gasteiger partial charge in [0.15, 0.2) is 0 Å². The fourth-order valence-corrected chi connectivity index (χ4v) is 1.95. The lowest BCUT2D eigenvalue weighted by Crippen LogP contribution is -2.44. The van der Waals surface area contributed by atoms with E-state index in [0.29, 0.717) is 19.0 Å². The summed E-state index contributed by atoms with van der Waals surface area (Å²) in [5.74, 6) is 6.29. The summed E-state index contributed by atoms with van der Waals surface area (Å²) >= 11 is 0. The van der Waals surface area contributed by atoms with E-state index < -0.39 is 0 Å². The largest absolute Gasteiger partial charge is 0.382 e. The molecule has 1 aromatic heterocycles. The number of nitrogens with two attached hydrogens (primary N) is 1. The Morgan fingerprint density at radius 1 is 1.43 bits per heavy atom. The van der Waals surface area contributed by atoms with Crippen molar-refractivity contribution in [3.05, 3.63) is 29.6 Å². The highest BCUT2D eigenvalue weighted by Gasteiger charge is 2.09. The second kappa shape index (κ2) is 10.1. The van der Waals surface area contributed by atoms with Gasteiger partial charge in [-0.3, -0.25) is 15.4 Å². The van der Waals surface area contributed by atoms with E-state index in [9.17, 15) is 0 Å². The van der Waals surface area contributed by atoms with Gasteiger partial charge in [0, 0.05) is 32.0 Å². The summed E-state index contributed by atoms with van der Waals surface area (Å²) in [7, 11) is 0. The summed E-state index contributed by atoms with van der Waals surface area (Å²) in [6.07, 6.45) is 0.888. The standard InChI is InChI=1S/C15H27N5O/c1-4-20(12-14-9-6-8-13(3)18-14)15(19-16)17-10-7-11-21-5-2/h6,8-9H,4-5,7,10-12,16H2,1-3H3,(H,17,19). The van der Waals surface area contributed by atoms with E-state index in [4.69, 9.17) is 10.6 Å². The van der Waals surface area contributed by atoms with Crippen LogP contribution in [0.5, 0.6) is 0 Å². The van der Waals surface area contributed by atoms with Gasteiger partial charge in [-0.25, -0.2) is 5.84 Å². The van der Waals surface area contributed by atoms with Crippen molar-refractivity contribution in [3.8, 4) is 0 Å². The summed E-state index contributed by atoms with van der Waals surface area (Å²) in [5, 5.41) is 0. The average molecular weight is 293 g/mol. The third-order valence-electron chi connectivity index (χ3n) is 3.02. The van der Waals surface area contributed by atoms with E-state index in [1.165, 1.54) is 0 Å². The number of nitrogens with zero attached hydrogens (tertiary/aromatic N) is 3. The molecule has 0 radical (unpaired) electrons. The molecule has 0 unspecified atom stereocenters. The summed E-state index contributed by atoms with van der Waals surface area (Å²) in [5.41, 5.74) is 4.71. The summed E-state index contributed by atoms with van der Waals surface area (Å²) in [4.78, 5) is 11.1. The Kier molecular flexibility index (Phi) is 8.38. The van der Waals surface area contributed by atoms with Crippen LogP contribution in [0.2, 0.25) is 0 Å². The third-order valence-corrected chi connectivity index (χ3v) is 3.02. The molecule has 0 amide bonds. The normalized spacial score (nSPS) is 11.5. The Balaban J connectivity index is 2.60. The van der Waals surface area contributed by atoms with Crippen molar-refractivity contribution in [2.75, 3.05) is 26.3 Å². The first-order valence-electron chi connectivity index (χ1n) is 7.47. The van der Waals surface area contributed by atoms with Crippen LogP contribution in [0.3, 0.4) is 0 Å². The van der Waals surface area contributed by atoms with E-state index >= 15 is 0 Å². The molecule has 118 valence electrons. The fraction of sp³-hybridized carbons (Fsp3) is 0.600. The van der Waals surface area contributed by atoms with Crippen LogP contribution in [0, 0.1) is 6.92 Å². The number of aromatic nitrogens is 1. The lowest BCUT2D eigenvalue weighted by molar-refractivity contribution is 0.146. The van der Waals surface area contributed by atoms with Crippen molar-refractivity contribution in [2.24, 2.45) is 10.8 Å². The lowest BCUT2D eigenvalue weighted by atomic mass is 10.3. The molecule has 0 atom stereocenters. The first-order chi connectivity index (χ1) is 10.2. The van der Waals surface area contributed by atoms with Gasteiger partial charge in [-0.1, -0.05) is 6.07 Å². The number of pyridine rings is 1. The quantitative estimate of drug-likeness (QED) is 0.249. The number of hydrogen-bond donors (Lipinski definition) is 2. The van der Waals surface area contributed by atoms with Gasteiger partial charge in [0.25, 0.3) is 0 Å². The van der Waals surface area contributed by atoms with Crippen LogP contribution < -0.4 is 11.3 Å². The second-order valence-corrected chi connectivity index (χ2v) is 4.68. The molecule has 0 aliphatic heterocycles. The van der Waals surface area contributed by atoms with Gasteiger partial charge in [-0.05, 0) is 39.3 Å². The van der Waals surface area contributed by atoms with E-state index in [0.717, 1.165) is 37.6 Å². The monoisotopic (exact) mass is 293 g/mol. The SMILES string of the molecule is CCOCCCN=C(NN)N(CC)Cc1cccc(C)n1. The molecular formula is C15H27N5O. The van der Waals surface area contributed by atoms with Crippen molar-refractivity contribution in [1.82, 2.24) is 15.3 Å². The molecule has 1 rings (SSSR count). The maximum atomic E-state index is 5.60. The Morgan fingerprint density at radius 3 is 2.86 bits per heavy atom. The molecule has 0 aromatic carbocycles. The van der Waals surface area contributed by atoms with Crippen LogP contribution in [0.15, 0.2) is 23.2 Å². The van der Waals surface area contributed by atoms with Crippen LogP contribution in [-0.4, -0.2) is 42.1 Å². The molecule has 6 heteroatoms. The molecule has 6 nitrogen and oxygen atoms in total. The van der Waals surface area contributed by atoms with Crippen molar-refractivity contribution in [2.45, 2.75) is 33.7 Å². The Morgan fingerprint density at radius 2 is 2.24 bits per heavy atom. The molecule has 1 aromatic rings. The molecule has 0 bridgehead atoms. The first-order valence-corrected chi connectivity index (χ1v) is 7.47. The summed E-state index contributed by atoms with van der Waals surface area (Å²) in [6, 6.07) is 6.02. The number of nitrogens with one attached hydrogen (secondary N) is 1. The molecule has 0 fully saturated rings. The smallest absolute Gasteiger partial charge is 0.208 e. The van der Waals surface area contributed by atoms with E-state index in [1.54, 1.807) is 0 Å². The van der Waals surface area contributed by atoms with Crippen LogP contribution in [0.25, 0.3) is 0 Å². The van der Waals surface area contributed by atoms with Crippen LogP contribution >= 0.6 is 0 Å². The molecule has 0 spiro atoms. The van der Waals surface area contributed by atoms with E-state index in [-0.39, 0.29) is 0 Å². The predicted molar refractivity (Wildman–Crippen MR) is 85.8 cm³/mol. The molecule has 0 aliphatic carbocycles. The van der Waals surface area contributed by atoms with Gasteiger partial charge < -0.3 is 9.64 Å². The van der Waals surface area contributed by atoms with Crippen molar-refractivity contribution >= 4 is 5.96 Å².